The van der Waals surface area contributed by atoms with Crippen LogP contribution in [0, 0.1) is 12.3 Å². The van der Waals surface area contributed by atoms with Gasteiger partial charge in [-0.15, -0.1) is 6.42 Å². The number of hydrogen-bond acceptors (Lipinski definition) is 3. The van der Waals surface area contributed by atoms with E-state index in [-0.39, 0.29) is 23.4 Å². The molecular weight excluding hydrogens is 360 g/mol. The predicted molar refractivity (Wildman–Crippen MR) is 105 cm³/mol. The van der Waals surface area contributed by atoms with E-state index < -0.39 is 10.0 Å². The Kier molecular flexibility index (Phi) is 5.94. The Labute approximate surface area is 160 Å². The molecule has 1 unspecified atom stereocenters. The zero-order chi connectivity index (χ0) is 19.3. The van der Waals surface area contributed by atoms with Crippen molar-refractivity contribution < 1.29 is 13.2 Å². The third-order valence-corrected chi connectivity index (χ3v) is 6.15. The van der Waals surface area contributed by atoms with Gasteiger partial charge in [0.25, 0.3) is 5.91 Å². The molecule has 1 amide bonds. The Morgan fingerprint density at radius 2 is 1.85 bits per heavy atom. The van der Waals surface area contributed by atoms with Crippen LogP contribution in [-0.2, 0) is 16.4 Å². The maximum Gasteiger partial charge on any atom is 0.254 e. The van der Waals surface area contributed by atoms with E-state index in [0.29, 0.717) is 5.56 Å². The third-order valence-electron chi connectivity index (χ3n) is 4.73. The van der Waals surface area contributed by atoms with Crippen molar-refractivity contribution in [3.05, 3.63) is 65.7 Å². The number of likely N-dealkylation sites (tertiary alicyclic amines) is 1. The van der Waals surface area contributed by atoms with Crippen LogP contribution < -0.4 is 4.72 Å². The molecule has 27 heavy (non-hydrogen) atoms. The average molecular weight is 382 g/mol. The SMILES string of the molecule is C#CCNS(=O)(=O)c1ccc(C(=O)N2CCCC2Cc2ccccc2)cc1. The molecule has 0 bridgehead atoms. The number of carbonyl (C=O) groups is 1. The molecule has 2 aromatic rings. The number of nitrogens with zero attached hydrogens (tertiary/aromatic N) is 1. The van der Waals surface area contributed by atoms with E-state index in [2.05, 4.69) is 22.8 Å². The summed E-state index contributed by atoms with van der Waals surface area (Å²) in [6.07, 6.45) is 7.87. The fraction of sp³-hybridized carbons (Fsp3) is 0.286. The van der Waals surface area contributed by atoms with Crippen molar-refractivity contribution in [2.24, 2.45) is 0 Å². The number of terminal acetylenes is 1. The molecule has 3 rings (SSSR count). The van der Waals surface area contributed by atoms with Crippen LogP contribution in [0.15, 0.2) is 59.5 Å². The maximum absolute atomic E-state index is 12.9. The Morgan fingerprint density at radius 1 is 1.15 bits per heavy atom. The normalized spacial score (nSPS) is 16.9. The minimum Gasteiger partial charge on any atom is -0.335 e. The molecule has 6 heteroatoms. The molecule has 2 aromatic carbocycles. The lowest BCUT2D eigenvalue weighted by Gasteiger charge is -2.25. The number of rotatable bonds is 6. The average Bonchev–Trinajstić information content (AvgIpc) is 3.15. The van der Waals surface area contributed by atoms with E-state index in [1.54, 1.807) is 12.1 Å². The molecule has 1 N–H and O–H groups in total. The van der Waals surface area contributed by atoms with Crippen LogP contribution in [0.25, 0.3) is 0 Å². The Bertz CT molecular complexity index is 932. The molecule has 140 valence electrons. The molecular formula is C21H22N2O3S. The van der Waals surface area contributed by atoms with Gasteiger partial charge in [0.15, 0.2) is 0 Å². The summed E-state index contributed by atoms with van der Waals surface area (Å²) in [5.41, 5.74) is 1.70. The first kappa shape index (κ1) is 19.2. The van der Waals surface area contributed by atoms with Crippen LogP contribution >= 0.6 is 0 Å². The van der Waals surface area contributed by atoms with E-state index in [4.69, 9.17) is 6.42 Å². The van der Waals surface area contributed by atoms with E-state index in [0.717, 1.165) is 25.8 Å². The molecule has 0 aromatic heterocycles. The lowest BCUT2D eigenvalue weighted by Crippen LogP contribution is -2.36. The molecule has 0 saturated carbocycles. The Hall–Kier alpha value is -2.62. The monoisotopic (exact) mass is 382 g/mol. The zero-order valence-corrected chi connectivity index (χ0v) is 15.8. The molecule has 0 radical (unpaired) electrons. The third kappa shape index (κ3) is 4.57. The summed E-state index contributed by atoms with van der Waals surface area (Å²) < 4.78 is 26.5. The largest absolute Gasteiger partial charge is 0.335 e. The van der Waals surface area contributed by atoms with Gasteiger partial charge in [0.1, 0.15) is 0 Å². The lowest BCUT2D eigenvalue weighted by atomic mass is 10.0. The number of nitrogens with one attached hydrogen (secondary N) is 1. The highest BCUT2D eigenvalue weighted by Crippen LogP contribution is 2.24. The predicted octanol–water partition coefficient (Wildman–Crippen LogP) is 2.45. The second kappa shape index (κ2) is 8.38. The number of benzene rings is 2. The molecule has 1 fully saturated rings. The highest BCUT2D eigenvalue weighted by Gasteiger charge is 2.29. The maximum atomic E-state index is 12.9. The van der Waals surface area contributed by atoms with Gasteiger partial charge in [-0.25, -0.2) is 8.42 Å². The Morgan fingerprint density at radius 3 is 2.52 bits per heavy atom. The van der Waals surface area contributed by atoms with Crippen molar-refractivity contribution >= 4 is 15.9 Å². The minimum atomic E-state index is -3.65. The molecule has 1 aliphatic heterocycles. The van der Waals surface area contributed by atoms with Gasteiger partial charge >= 0.3 is 0 Å². The molecule has 1 saturated heterocycles. The van der Waals surface area contributed by atoms with Crippen molar-refractivity contribution in [2.75, 3.05) is 13.1 Å². The molecule has 1 atom stereocenters. The second-order valence-electron chi connectivity index (χ2n) is 6.54. The molecule has 5 nitrogen and oxygen atoms in total. The van der Waals surface area contributed by atoms with Gasteiger partial charge in [0, 0.05) is 18.2 Å². The van der Waals surface area contributed by atoms with Gasteiger partial charge in [0.2, 0.25) is 10.0 Å². The number of amides is 1. The number of sulfonamides is 1. The van der Waals surface area contributed by atoms with Gasteiger partial charge in [0.05, 0.1) is 11.4 Å². The number of carbonyl (C=O) groups excluding carboxylic acids is 1. The van der Waals surface area contributed by atoms with E-state index in [1.165, 1.54) is 17.7 Å². The van der Waals surface area contributed by atoms with E-state index in [9.17, 15) is 13.2 Å². The van der Waals surface area contributed by atoms with Gasteiger partial charge in [-0.05, 0) is 49.1 Å². The zero-order valence-electron chi connectivity index (χ0n) is 15.0. The molecule has 1 heterocycles. The van der Waals surface area contributed by atoms with Gasteiger partial charge in [-0.3, -0.25) is 4.79 Å². The summed E-state index contributed by atoms with van der Waals surface area (Å²) in [6.45, 7) is 0.651. The summed E-state index contributed by atoms with van der Waals surface area (Å²) in [4.78, 5) is 14.9. The first-order chi connectivity index (χ1) is 13.0. The Balaban J connectivity index is 1.72. The van der Waals surface area contributed by atoms with Crippen molar-refractivity contribution in [3.8, 4) is 12.3 Å². The second-order valence-corrected chi connectivity index (χ2v) is 8.30. The molecule has 0 aliphatic carbocycles. The summed E-state index contributed by atoms with van der Waals surface area (Å²) in [5, 5.41) is 0. The summed E-state index contributed by atoms with van der Waals surface area (Å²) in [6, 6.07) is 16.3. The highest BCUT2D eigenvalue weighted by atomic mass is 32.2. The highest BCUT2D eigenvalue weighted by molar-refractivity contribution is 7.89. The summed E-state index contributed by atoms with van der Waals surface area (Å²) in [7, 11) is -3.65. The van der Waals surface area contributed by atoms with Crippen LogP contribution in [0.1, 0.15) is 28.8 Å². The quantitative estimate of drug-likeness (QED) is 0.781. The van der Waals surface area contributed by atoms with Crippen LogP contribution in [0.4, 0.5) is 0 Å². The van der Waals surface area contributed by atoms with Gasteiger partial charge in [-0.1, -0.05) is 36.3 Å². The van der Waals surface area contributed by atoms with Crippen molar-refractivity contribution in [2.45, 2.75) is 30.2 Å². The topological polar surface area (TPSA) is 66.5 Å². The van der Waals surface area contributed by atoms with Crippen molar-refractivity contribution in [1.82, 2.24) is 9.62 Å². The lowest BCUT2D eigenvalue weighted by molar-refractivity contribution is 0.0736. The fourth-order valence-electron chi connectivity index (χ4n) is 3.36. The van der Waals surface area contributed by atoms with Crippen LogP contribution in [-0.4, -0.2) is 38.4 Å². The van der Waals surface area contributed by atoms with Crippen LogP contribution in [0.5, 0.6) is 0 Å². The number of hydrogen-bond donors (Lipinski definition) is 1. The summed E-state index contributed by atoms with van der Waals surface area (Å²) in [5.74, 6) is 2.17. The standard InChI is InChI=1S/C21H22N2O3S/c1-2-14-22-27(25,26)20-12-10-18(11-13-20)21(24)23-15-6-9-19(23)16-17-7-4-3-5-8-17/h1,3-5,7-8,10-13,19,22H,6,9,14-16H2. The first-order valence-corrected chi connectivity index (χ1v) is 10.4. The molecule has 1 aliphatic rings. The fourth-order valence-corrected chi connectivity index (χ4v) is 4.30. The van der Waals surface area contributed by atoms with Crippen LogP contribution in [0.2, 0.25) is 0 Å². The van der Waals surface area contributed by atoms with Gasteiger partial charge < -0.3 is 4.90 Å². The smallest absolute Gasteiger partial charge is 0.254 e. The summed E-state index contributed by atoms with van der Waals surface area (Å²) >= 11 is 0. The van der Waals surface area contributed by atoms with Gasteiger partial charge in [-0.2, -0.15) is 4.72 Å². The first-order valence-electron chi connectivity index (χ1n) is 8.89. The van der Waals surface area contributed by atoms with E-state index >= 15 is 0 Å². The van der Waals surface area contributed by atoms with E-state index in [1.807, 2.05) is 23.1 Å². The van der Waals surface area contributed by atoms with Crippen molar-refractivity contribution in [1.29, 1.82) is 0 Å². The molecule has 0 spiro atoms. The van der Waals surface area contributed by atoms with Crippen molar-refractivity contribution in [3.63, 3.8) is 0 Å². The minimum absolute atomic E-state index is 0.0611. The van der Waals surface area contributed by atoms with Crippen LogP contribution in [0.3, 0.4) is 0 Å².